The van der Waals surface area contributed by atoms with Gasteiger partial charge in [0.25, 0.3) is 0 Å². The van der Waals surface area contributed by atoms with Gasteiger partial charge < -0.3 is 9.84 Å². The number of aliphatic carboxylic acids is 1. The molecule has 0 saturated carbocycles. The number of carbonyl (C=O) groups excluding carboxylic acids is 3. The molecule has 1 N–H and O–H groups in total. The Morgan fingerprint density at radius 3 is 2.12 bits per heavy atom. The van der Waals surface area contributed by atoms with Gasteiger partial charge >= 0.3 is 23.9 Å². The van der Waals surface area contributed by atoms with Crippen molar-refractivity contribution in [2.45, 2.75) is 31.8 Å². The number of hydrogen-bond donors (Lipinski definition) is 1. The van der Waals surface area contributed by atoms with Gasteiger partial charge in [-0.05, 0) is 0 Å². The average molecular weight is 246 g/mol. The summed E-state index contributed by atoms with van der Waals surface area (Å²) in [7, 11) is 0. The van der Waals surface area contributed by atoms with Gasteiger partial charge in [0.2, 0.25) is 0 Å². The molecule has 0 aromatic heterocycles. The van der Waals surface area contributed by atoms with E-state index in [9.17, 15) is 19.2 Å². The van der Waals surface area contributed by atoms with Crippen molar-refractivity contribution in [3.8, 4) is 0 Å². The van der Waals surface area contributed by atoms with Gasteiger partial charge in [-0.2, -0.15) is 0 Å². The summed E-state index contributed by atoms with van der Waals surface area (Å²) in [5.41, 5.74) is 0. The number of rotatable bonds is 1. The van der Waals surface area contributed by atoms with Crippen molar-refractivity contribution in [1.29, 1.82) is 0 Å². The zero-order chi connectivity index (χ0) is 12.8. The zero-order valence-electron chi connectivity index (χ0n) is 8.71. The first kappa shape index (κ1) is 12.9. The minimum absolute atomic E-state index is 0.239. The van der Waals surface area contributed by atoms with E-state index in [1.54, 1.807) is 0 Å². The van der Waals surface area contributed by atoms with Crippen molar-refractivity contribution in [2.75, 3.05) is 0 Å². The standard InChI is InChI=1S/C9H10O8/c10-6-3-4-8(12)17-16-7(11)2-1-5(15-6)9(13)14/h5H,1-4H2,(H,13,14). The fraction of sp³-hybridized carbons (Fsp3) is 0.556. The lowest BCUT2D eigenvalue weighted by Gasteiger charge is -2.11. The summed E-state index contributed by atoms with van der Waals surface area (Å²) in [5.74, 6) is -4.01. The molecule has 1 saturated heterocycles. The average Bonchev–Trinajstić information content (AvgIpc) is 2.30. The van der Waals surface area contributed by atoms with Crippen molar-refractivity contribution < 1.29 is 38.8 Å². The summed E-state index contributed by atoms with van der Waals surface area (Å²) in [5, 5.41) is 8.72. The van der Waals surface area contributed by atoms with Crippen LogP contribution in [0.5, 0.6) is 0 Å². The second-order valence-corrected chi connectivity index (χ2v) is 3.27. The zero-order valence-corrected chi connectivity index (χ0v) is 8.71. The van der Waals surface area contributed by atoms with Crippen LogP contribution in [0.15, 0.2) is 0 Å². The third kappa shape index (κ3) is 4.49. The molecule has 8 heteroatoms. The van der Waals surface area contributed by atoms with Crippen molar-refractivity contribution >= 4 is 23.9 Å². The first-order valence-electron chi connectivity index (χ1n) is 4.81. The van der Waals surface area contributed by atoms with E-state index in [2.05, 4.69) is 14.5 Å². The Labute approximate surface area is 95.4 Å². The number of cyclic esters (lactones) is 1. The molecule has 1 heterocycles. The number of carboxylic acids is 1. The molecule has 1 rings (SSSR count). The van der Waals surface area contributed by atoms with E-state index in [0.717, 1.165) is 0 Å². The Balaban J connectivity index is 2.68. The molecule has 8 nitrogen and oxygen atoms in total. The minimum Gasteiger partial charge on any atom is -0.479 e. The molecule has 0 bridgehead atoms. The number of ether oxygens (including phenoxy) is 1. The second-order valence-electron chi connectivity index (χ2n) is 3.27. The molecule has 0 radical (unpaired) electrons. The van der Waals surface area contributed by atoms with Crippen LogP contribution in [0, 0.1) is 0 Å². The largest absolute Gasteiger partial charge is 0.479 e. The van der Waals surface area contributed by atoms with Gasteiger partial charge in [0, 0.05) is 6.42 Å². The maximum atomic E-state index is 11.1. The van der Waals surface area contributed by atoms with Gasteiger partial charge in [-0.1, -0.05) is 0 Å². The molecule has 0 aromatic rings. The summed E-state index contributed by atoms with van der Waals surface area (Å²) in [4.78, 5) is 51.9. The molecule has 94 valence electrons. The van der Waals surface area contributed by atoms with Crippen LogP contribution in [0.3, 0.4) is 0 Å². The van der Waals surface area contributed by atoms with Crippen LogP contribution in [0.25, 0.3) is 0 Å². The molecular weight excluding hydrogens is 236 g/mol. The smallest absolute Gasteiger partial charge is 0.356 e. The summed E-state index contributed by atoms with van der Waals surface area (Å²) in [6.07, 6.45) is -2.68. The minimum atomic E-state index is -1.43. The Morgan fingerprint density at radius 2 is 1.53 bits per heavy atom. The molecule has 1 atom stereocenters. The van der Waals surface area contributed by atoms with Crippen molar-refractivity contribution in [1.82, 2.24) is 0 Å². The molecule has 1 fully saturated rings. The highest BCUT2D eigenvalue weighted by molar-refractivity contribution is 5.82. The van der Waals surface area contributed by atoms with Gasteiger partial charge in [0.15, 0.2) is 6.10 Å². The summed E-state index contributed by atoms with van der Waals surface area (Å²) in [6.45, 7) is 0. The van der Waals surface area contributed by atoms with Crippen LogP contribution < -0.4 is 0 Å². The van der Waals surface area contributed by atoms with Crippen molar-refractivity contribution in [3.63, 3.8) is 0 Å². The van der Waals surface area contributed by atoms with E-state index in [-0.39, 0.29) is 25.7 Å². The third-order valence-corrected chi connectivity index (χ3v) is 1.92. The van der Waals surface area contributed by atoms with E-state index < -0.39 is 30.0 Å². The maximum absolute atomic E-state index is 11.1. The van der Waals surface area contributed by atoms with Gasteiger partial charge in [-0.3, -0.25) is 4.79 Å². The number of hydrogen-bond acceptors (Lipinski definition) is 7. The van der Waals surface area contributed by atoms with Crippen LogP contribution in [0.4, 0.5) is 0 Å². The third-order valence-electron chi connectivity index (χ3n) is 1.92. The number of carbonyl (C=O) groups is 4. The van der Waals surface area contributed by atoms with Crippen LogP contribution in [-0.4, -0.2) is 35.1 Å². The molecule has 1 aliphatic rings. The SMILES string of the molecule is O=C1CCC(=O)OC(C(=O)O)CCC(=O)OO1. The Morgan fingerprint density at radius 1 is 1.00 bits per heavy atom. The Hall–Kier alpha value is -2.12. The molecule has 0 aromatic carbocycles. The summed E-state index contributed by atoms with van der Waals surface area (Å²) < 4.78 is 4.59. The first-order chi connectivity index (χ1) is 7.99. The first-order valence-corrected chi connectivity index (χ1v) is 4.81. The lowest BCUT2D eigenvalue weighted by atomic mass is 10.2. The van der Waals surface area contributed by atoms with Gasteiger partial charge in [0.1, 0.15) is 0 Å². The lowest BCUT2D eigenvalue weighted by molar-refractivity contribution is -0.259. The topological polar surface area (TPSA) is 116 Å². The summed E-state index contributed by atoms with van der Waals surface area (Å²) >= 11 is 0. The summed E-state index contributed by atoms with van der Waals surface area (Å²) in [6, 6.07) is 0. The van der Waals surface area contributed by atoms with E-state index >= 15 is 0 Å². The monoisotopic (exact) mass is 246 g/mol. The molecule has 1 unspecified atom stereocenters. The van der Waals surface area contributed by atoms with Gasteiger partial charge in [-0.25, -0.2) is 24.2 Å². The van der Waals surface area contributed by atoms with Crippen molar-refractivity contribution in [3.05, 3.63) is 0 Å². The van der Waals surface area contributed by atoms with Gasteiger partial charge in [-0.15, -0.1) is 0 Å². The highest BCUT2D eigenvalue weighted by atomic mass is 17.2. The molecule has 0 spiro atoms. The van der Waals surface area contributed by atoms with Crippen LogP contribution in [0.2, 0.25) is 0 Å². The number of esters is 1. The highest BCUT2D eigenvalue weighted by Gasteiger charge is 2.25. The Bertz CT molecular complexity index is 347. The fourth-order valence-electron chi connectivity index (χ4n) is 1.08. The van der Waals surface area contributed by atoms with Crippen LogP contribution in [0.1, 0.15) is 25.7 Å². The van der Waals surface area contributed by atoms with E-state index in [0.29, 0.717) is 0 Å². The van der Waals surface area contributed by atoms with Crippen LogP contribution >= 0.6 is 0 Å². The second kappa shape index (κ2) is 5.83. The molecular formula is C9H10O8. The Kier molecular flexibility index (Phi) is 4.44. The predicted octanol–water partition coefficient (Wildman–Crippen LogP) is -0.442. The molecule has 17 heavy (non-hydrogen) atoms. The normalized spacial score (nSPS) is 22.8. The predicted molar refractivity (Wildman–Crippen MR) is 48.2 cm³/mol. The molecule has 1 aliphatic heterocycles. The lowest BCUT2D eigenvalue weighted by Crippen LogP contribution is -2.27. The van der Waals surface area contributed by atoms with Gasteiger partial charge in [0.05, 0.1) is 19.3 Å². The molecule has 0 amide bonds. The van der Waals surface area contributed by atoms with Crippen molar-refractivity contribution in [2.24, 2.45) is 0 Å². The van der Waals surface area contributed by atoms with E-state index in [4.69, 9.17) is 5.11 Å². The quantitative estimate of drug-likeness (QED) is 0.488. The van der Waals surface area contributed by atoms with E-state index in [1.807, 2.05) is 0 Å². The maximum Gasteiger partial charge on any atom is 0.356 e. The number of carboxylic acid groups (broad SMARTS) is 1. The highest BCUT2D eigenvalue weighted by Crippen LogP contribution is 2.09. The molecule has 0 aliphatic carbocycles. The van der Waals surface area contributed by atoms with E-state index in [1.165, 1.54) is 0 Å². The van der Waals surface area contributed by atoms with Crippen LogP contribution in [-0.2, 0) is 33.7 Å². The fourth-order valence-corrected chi connectivity index (χ4v) is 1.08.